The van der Waals surface area contributed by atoms with Crippen LogP contribution < -0.4 is 0 Å². The third-order valence-electron chi connectivity index (χ3n) is 3.20. The average Bonchev–Trinajstić information content (AvgIpc) is 2.82. The highest BCUT2D eigenvalue weighted by Gasteiger charge is 2.27. The molecule has 0 saturated heterocycles. The Kier molecular flexibility index (Phi) is 1.31. The van der Waals surface area contributed by atoms with Gasteiger partial charge in [0.2, 0.25) is 0 Å². The van der Waals surface area contributed by atoms with E-state index in [1.807, 2.05) is 0 Å². The van der Waals surface area contributed by atoms with Gasteiger partial charge < -0.3 is 0 Å². The number of rotatable bonds is 1. The van der Waals surface area contributed by atoms with Crippen molar-refractivity contribution in [3.63, 3.8) is 0 Å². The van der Waals surface area contributed by atoms with Crippen molar-refractivity contribution in [2.24, 2.45) is 0 Å². The summed E-state index contributed by atoms with van der Waals surface area (Å²) in [5, 5.41) is 0. The molecule has 0 aromatic heterocycles. The van der Waals surface area contributed by atoms with Gasteiger partial charge >= 0.3 is 0 Å². The second-order valence-electron chi connectivity index (χ2n) is 4.11. The Hall–Kier alpha value is -0.780. The fourth-order valence-corrected chi connectivity index (χ4v) is 2.43. The van der Waals surface area contributed by atoms with Crippen LogP contribution in [0.5, 0.6) is 0 Å². The van der Waals surface area contributed by atoms with Gasteiger partial charge in [0.25, 0.3) is 0 Å². The number of fused-ring (bicyclic) bond motifs is 1. The van der Waals surface area contributed by atoms with Crippen LogP contribution in [0.1, 0.15) is 41.9 Å². The summed E-state index contributed by atoms with van der Waals surface area (Å²) in [7, 11) is 0. The van der Waals surface area contributed by atoms with Crippen LogP contribution in [0.15, 0.2) is 18.2 Å². The summed E-state index contributed by atoms with van der Waals surface area (Å²) in [6.45, 7) is 0. The van der Waals surface area contributed by atoms with Gasteiger partial charge in [-0.05, 0) is 54.7 Å². The molecule has 0 atom stereocenters. The highest BCUT2D eigenvalue weighted by molar-refractivity contribution is 5.41. The minimum atomic E-state index is 0.943. The first kappa shape index (κ1) is 6.71. The van der Waals surface area contributed by atoms with Gasteiger partial charge in [-0.1, -0.05) is 18.2 Å². The third kappa shape index (κ3) is 0.906. The minimum absolute atomic E-state index is 0.943. The molecule has 1 aromatic carbocycles. The van der Waals surface area contributed by atoms with Gasteiger partial charge in [-0.2, -0.15) is 0 Å². The summed E-state index contributed by atoms with van der Waals surface area (Å²) in [5.41, 5.74) is 5.03. The summed E-state index contributed by atoms with van der Waals surface area (Å²) < 4.78 is 0. The molecule has 0 heterocycles. The molecule has 1 fully saturated rings. The molecule has 0 radical (unpaired) electrons. The van der Waals surface area contributed by atoms with Crippen LogP contribution in [0.2, 0.25) is 0 Å². The molecule has 1 saturated carbocycles. The van der Waals surface area contributed by atoms with Crippen molar-refractivity contribution < 1.29 is 0 Å². The van der Waals surface area contributed by atoms with Gasteiger partial charge in [-0.25, -0.2) is 0 Å². The average molecular weight is 158 g/mol. The van der Waals surface area contributed by atoms with E-state index in [9.17, 15) is 0 Å². The Bertz CT molecular complexity index is 308. The highest BCUT2D eigenvalue weighted by Crippen LogP contribution is 2.43. The quantitative estimate of drug-likeness (QED) is 0.589. The molecule has 2 aliphatic rings. The molecular formula is C12H14. The highest BCUT2D eigenvalue weighted by atomic mass is 14.3. The summed E-state index contributed by atoms with van der Waals surface area (Å²) in [6, 6.07) is 6.91. The van der Waals surface area contributed by atoms with Crippen molar-refractivity contribution in [2.75, 3.05) is 0 Å². The summed E-state index contributed by atoms with van der Waals surface area (Å²) in [6.07, 6.45) is 6.95. The number of benzene rings is 1. The zero-order chi connectivity index (χ0) is 7.97. The van der Waals surface area contributed by atoms with Crippen molar-refractivity contribution in [2.45, 2.75) is 38.0 Å². The van der Waals surface area contributed by atoms with Crippen LogP contribution in [-0.2, 0) is 12.8 Å². The fourth-order valence-electron chi connectivity index (χ4n) is 2.43. The molecule has 1 aromatic rings. The van der Waals surface area contributed by atoms with Crippen molar-refractivity contribution in [3.05, 3.63) is 34.9 Å². The Balaban J connectivity index is 2.12. The molecule has 0 unspecified atom stereocenters. The molecule has 0 spiro atoms. The fraction of sp³-hybridized carbons (Fsp3) is 0.500. The second-order valence-corrected chi connectivity index (χ2v) is 4.11. The Morgan fingerprint density at radius 1 is 1.08 bits per heavy atom. The van der Waals surface area contributed by atoms with Crippen LogP contribution >= 0.6 is 0 Å². The van der Waals surface area contributed by atoms with Gasteiger partial charge in [0.15, 0.2) is 0 Å². The van der Waals surface area contributed by atoms with E-state index in [1.165, 1.54) is 32.1 Å². The molecule has 0 N–H and O–H groups in total. The topological polar surface area (TPSA) is 0 Å². The van der Waals surface area contributed by atoms with Gasteiger partial charge in [0.1, 0.15) is 0 Å². The zero-order valence-corrected chi connectivity index (χ0v) is 7.34. The summed E-state index contributed by atoms with van der Waals surface area (Å²) in [5.74, 6) is 0.943. The van der Waals surface area contributed by atoms with Crippen LogP contribution in [0.25, 0.3) is 0 Å². The normalized spacial score (nSPS) is 21.0. The van der Waals surface area contributed by atoms with Crippen molar-refractivity contribution in [1.29, 1.82) is 0 Å². The first-order valence-electron chi connectivity index (χ1n) is 5.06. The van der Waals surface area contributed by atoms with Gasteiger partial charge in [0, 0.05) is 0 Å². The first-order chi connectivity index (χ1) is 5.95. The predicted molar refractivity (Wildman–Crippen MR) is 50.4 cm³/mol. The lowest BCUT2D eigenvalue weighted by molar-refractivity contribution is 0.904. The number of hydrogen-bond acceptors (Lipinski definition) is 0. The van der Waals surface area contributed by atoms with Crippen LogP contribution in [0, 0.1) is 0 Å². The smallest absolute Gasteiger partial charge is 0.0159 e. The minimum Gasteiger partial charge on any atom is -0.0617 e. The van der Waals surface area contributed by atoms with Gasteiger partial charge in [-0.3, -0.25) is 0 Å². The van der Waals surface area contributed by atoms with E-state index >= 15 is 0 Å². The Morgan fingerprint density at radius 2 is 2.00 bits per heavy atom. The predicted octanol–water partition coefficient (Wildman–Crippen LogP) is 3.05. The molecule has 3 rings (SSSR count). The SMILES string of the molecule is c1cc2c(c(C3CC3)c1)CCC2. The van der Waals surface area contributed by atoms with Crippen LogP contribution in [-0.4, -0.2) is 0 Å². The lowest BCUT2D eigenvalue weighted by Crippen LogP contribution is -1.89. The van der Waals surface area contributed by atoms with E-state index in [4.69, 9.17) is 0 Å². The van der Waals surface area contributed by atoms with E-state index < -0.39 is 0 Å². The van der Waals surface area contributed by atoms with Crippen molar-refractivity contribution >= 4 is 0 Å². The maximum atomic E-state index is 2.35. The molecule has 0 amide bonds. The van der Waals surface area contributed by atoms with E-state index in [-0.39, 0.29) is 0 Å². The second kappa shape index (κ2) is 2.35. The zero-order valence-electron chi connectivity index (χ0n) is 7.34. The molecule has 0 nitrogen and oxygen atoms in total. The van der Waals surface area contributed by atoms with Crippen LogP contribution in [0.4, 0.5) is 0 Å². The lowest BCUT2D eigenvalue weighted by Gasteiger charge is -2.05. The molecule has 0 heteroatoms. The standard InChI is InChI=1S/C12H14/c1-3-9-4-2-6-12(10-7-8-10)11(9)5-1/h2,4,6,10H,1,3,5,7-8H2. The van der Waals surface area contributed by atoms with Crippen LogP contribution in [0.3, 0.4) is 0 Å². The van der Waals surface area contributed by atoms with E-state index in [0.29, 0.717) is 0 Å². The molecule has 12 heavy (non-hydrogen) atoms. The van der Waals surface area contributed by atoms with E-state index in [1.54, 1.807) is 16.7 Å². The molecular weight excluding hydrogens is 144 g/mol. The van der Waals surface area contributed by atoms with Gasteiger partial charge in [-0.15, -0.1) is 0 Å². The molecule has 0 aliphatic heterocycles. The van der Waals surface area contributed by atoms with Gasteiger partial charge in [0.05, 0.1) is 0 Å². The summed E-state index contributed by atoms with van der Waals surface area (Å²) >= 11 is 0. The first-order valence-corrected chi connectivity index (χ1v) is 5.06. The largest absolute Gasteiger partial charge is 0.0617 e. The number of aryl methyl sites for hydroxylation is 1. The van der Waals surface area contributed by atoms with E-state index in [0.717, 1.165) is 5.92 Å². The van der Waals surface area contributed by atoms with Crippen molar-refractivity contribution in [1.82, 2.24) is 0 Å². The third-order valence-corrected chi connectivity index (χ3v) is 3.20. The van der Waals surface area contributed by atoms with E-state index in [2.05, 4.69) is 18.2 Å². The lowest BCUT2D eigenvalue weighted by atomic mass is 10.00. The number of hydrogen-bond donors (Lipinski definition) is 0. The van der Waals surface area contributed by atoms with Crippen molar-refractivity contribution in [3.8, 4) is 0 Å². The molecule has 0 bridgehead atoms. The Labute approximate surface area is 73.6 Å². The summed E-state index contributed by atoms with van der Waals surface area (Å²) in [4.78, 5) is 0. The maximum Gasteiger partial charge on any atom is -0.0159 e. The maximum absolute atomic E-state index is 2.35. The Morgan fingerprint density at radius 3 is 2.83 bits per heavy atom. The monoisotopic (exact) mass is 158 g/mol. The molecule has 2 aliphatic carbocycles. The molecule has 62 valence electrons.